The van der Waals surface area contributed by atoms with Crippen LogP contribution in [0.3, 0.4) is 0 Å². The molecule has 0 radical (unpaired) electrons. The van der Waals surface area contributed by atoms with Crippen LogP contribution in [0, 0.1) is 0 Å². The number of halogens is 1. The van der Waals surface area contributed by atoms with Crippen LogP contribution in [0.15, 0.2) is 59.8 Å². The molecule has 5 rings (SSSR count). The number of carbonyl (C=O) groups is 1. The highest BCUT2D eigenvalue weighted by Gasteiger charge is 2.50. The molecular formula is C29H36ClN5O3S. The highest BCUT2D eigenvalue weighted by molar-refractivity contribution is 7.91. The Bertz CT molecular complexity index is 1440. The van der Waals surface area contributed by atoms with Crippen LogP contribution >= 0.6 is 11.6 Å². The van der Waals surface area contributed by atoms with Crippen LogP contribution < -0.4 is 5.32 Å². The maximum absolute atomic E-state index is 13.9. The van der Waals surface area contributed by atoms with Crippen LogP contribution in [0.25, 0.3) is 10.9 Å². The average Bonchev–Trinajstić information content (AvgIpc) is 3.29. The second-order valence-electron chi connectivity index (χ2n) is 11.1. The molecule has 0 spiro atoms. The Morgan fingerprint density at radius 1 is 1.10 bits per heavy atom. The van der Waals surface area contributed by atoms with Crippen LogP contribution in [-0.4, -0.2) is 77.1 Å². The van der Waals surface area contributed by atoms with Gasteiger partial charge in [-0.25, -0.2) is 18.4 Å². The number of hydrogen-bond acceptors (Lipinski definition) is 7. The van der Waals surface area contributed by atoms with E-state index in [-0.39, 0.29) is 11.7 Å². The summed E-state index contributed by atoms with van der Waals surface area (Å²) in [5.74, 6) is 0.426. The van der Waals surface area contributed by atoms with E-state index in [4.69, 9.17) is 11.6 Å². The van der Waals surface area contributed by atoms with Gasteiger partial charge >= 0.3 is 0 Å². The third kappa shape index (κ3) is 5.62. The lowest BCUT2D eigenvalue weighted by molar-refractivity contribution is -0.134. The normalized spacial score (nSPS) is 24.2. The Hall–Kier alpha value is -2.75. The van der Waals surface area contributed by atoms with Crippen molar-refractivity contribution in [2.75, 3.05) is 24.7 Å². The molecule has 2 aliphatic rings. The molecule has 1 saturated heterocycles. The van der Waals surface area contributed by atoms with Gasteiger partial charge in [0.05, 0.1) is 21.7 Å². The minimum Gasteiger partial charge on any atom is -0.358 e. The highest BCUT2D eigenvalue weighted by Crippen LogP contribution is 2.41. The highest BCUT2D eigenvalue weighted by atomic mass is 35.5. The summed E-state index contributed by atoms with van der Waals surface area (Å²) in [4.78, 5) is 27.2. The first-order chi connectivity index (χ1) is 18.6. The first-order valence-corrected chi connectivity index (χ1v) is 15.6. The lowest BCUT2D eigenvalue weighted by Crippen LogP contribution is -2.58. The smallest absolute Gasteiger partial charge is 0.245 e. The van der Waals surface area contributed by atoms with Gasteiger partial charge in [-0.2, -0.15) is 0 Å². The summed E-state index contributed by atoms with van der Waals surface area (Å²) < 4.78 is 27.3. The predicted octanol–water partition coefficient (Wildman–Crippen LogP) is 4.79. The molecule has 208 valence electrons. The Balaban J connectivity index is 1.42. The maximum Gasteiger partial charge on any atom is 0.245 e. The number of nitrogens with zero attached hydrogens (tertiary/aromatic N) is 4. The van der Waals surface area contributed by atoms with Gasteiger partial charge in [0, 0.05) is 29.0 Å². The average molecular weight is 570 g/mol. The molecule has 1 aliphatic carbocycles. The molecule has 2 heterocycles. The van der Waals surface area contributed by atoms with E-state index in [0.717, 1.165) is 18.2 Å². The molecule has 1 saturated carbocycles. The summed E-state index contributed by atoms with van der Waals surface area (Å²) in [5.41, 5.74) is -0.0575. The monoisotopic (exact) mass is 569 g/mol. The van der Waals surface area contributed by atoms with Gasteiger partial charge in [0.2, 0.25) is 5.91 Å². The van der Waals surface area contributed by atoms with Crippen molar-refractivity contribution in [3.8, 4) is 0 Å². The Morgan fingerprint density at radius 2 is 1.82 bits per heavy atom. The van der Waals surface area contributed by atoms with E-state index in [2.05, 4.69) is 41.1 Å². The van der Waals surface area contributed by atoms with E-state index in [1.165, 1.54) is 6.33 Å². The number of anilines is 1. The number of hydrogen-bond donors (Lipinski definition) is 1. The first kappa shape index (κ1) is 27.8. The molecule has 1 aliphatic heterocycles. The summed E-state index contributed by atoms with van der Waals surface area (Å²) in [6.45, 7) is 4.85. The van der Waals surface area contributed by atoms with E-state index >= 15 is 0 Å². The summed E-state index contributed by atoms with van der Waals surface area (Å²) in [5, 5.41) is 4.70. The summed E-state index contributed by atoms with van der Waals surface area (Å²) in [6.07, 6.45) is 5.01. The molecule has 10 heteroatoms. The Kier molecular flexibility index (Phi) is 7.86. The lowest BCUT2D eigenvalue weighted by atomic mass is 9.78. The summed E-state index contributed by atoms with van der Waals surface area (Å²) >= 11 is 6.14. The number of likely N-dealkylation sites (tertiary alicyclic amines) is 1. The molecular weight excluding hydrogens is 534 g/mol. The fraction of sp³-hybridized carbons (Fsp3) is 0.483. The third-order valence-corrected chi connectivity index (χ3v) is 10.7. The standard InChI is InChI=1S/C29H36ClN5O3S/c1-20(2)34(3)22-11-14-29(15-12-22,18-39(37,38)23-7-5-4-6-8-23)35-16-13-25(28(35)36)33-27-24-10-9-21(30)17-26(24)31-19-32-27/h4-10,17,19-20,22,25H,11-16,18H2,1-3H3,(H,31,32,33). The van der Waals surface area contributed by atoms with E-state index < -0.39 is 21.4 Å². The molecule has 0 bridgehead atoms. The minimum absolute atomic E-state index is 0.0739. The molecule has 8 nitrogen and oxygen atoms in total. The zero-order valence-corrected chi connectivity index (χ0v) is 24.3. The second kappa shape index (κ2) is 11.0. The number of carbonyl (C=O) groups excluding carboxylic acids is 1. The molecule has 1 unspecified atom stereocenters. The van der Waals surface area contributed by atoms with Crippen LogP contribution in [0.5, 0.6) is 0 Å². The predicted molar refractivity (Wildman–Crippen MR) is 155 cm³/mol. The van der Waals surface area contributed by atoms with Gasteiger partial charge < -0.3 is 15.1 Å². The largest absolute Gasteiger partial charge is 0.358 e. The van der Waals surface area contributed by atoms with Gasteiger partial charge in [-0.15, -0.1) is 0 Å². The van der Waals surface area contributed by atoms with Crippen molar-refractivity contribution in [2.24, 2.45) is 0 Å². The van der Waals surface area contributed by atoms with E-state index in [1.807, 2.05) is 17.0 Å². The van der Waals surface area contributed by atoms with Crippen LogP contribution in [0.1, 0.15) is 46.0 Å². The quantitative estimate of drug-likeness (QED) is 0.416. The number of aromatic nitrogens is 2. The van der Waals surface area contributed by atoms with Crippen molar-refractivity contribution in [1.29, 1.82) is 0 Å². The number of rotatable bonds is 8. The fourth-order valence-electron chi connectivity index (χ4n) is 6.12. The number of fused-ring (bicyclic) bond motifs is 1. The van der Waals surface area contributed by atoms with Gasteiger partial charge in [-0.1, -0.05) is 29.8 Å². The third-order valence-electron chi connectivity index (χ3n) is 8.52. The van der Waals surface area contributed by atoms with Crippen molar-refractivity contribution in [1.82, 2.24) is 19.8 Å². The molecule has 39 heavy (non-hydrogen) atoms. The van der Waals surface area contributed by atoms with Crippen LogP contribution in [0.2, 0.25) is 5.02 Å². The molecule has 1 atom stereocenters. The van der Waals surface area contributed by atoms with Gasteiger partial charge in [0.25, 0.3) is 0 Å². The second-order valence-corrected chi connectivity index (χ2v) is 13.6. The van der Waals surface area contributed by atoms with E-state index in [9.17, 15) is 13.2 Å². The first-order valence-electron chi connectivity index (χ1n) is 13.6. The number of amides is 1. The molecule has 1 aromatic heterocycles. The molecule has 2 fully saturated rings. The van der Waals surface area contributed by atoms with Crippen molar-refractivity contribution >= 4 is 44.1 Å². The SMILES string of the molecule is CC(C)N(C)C1CCC(CS(=O)(=O)c2ccccc2)(N2CCC(Nc3ncnc4cc(Cl)ccc34)C2=O)CC1. The van der Waals surface area contributed by atoms with Gasteiger partial charge in [0.1, 0.15) is 18.2 Å². The Morgan fingerprint density at radius 3 is 2.51 bits per heavy atom. The van der Waals surface area contributed by atoms with Gasteiger partial charge in [-0.05, 0) is 83.3 Å². The van der Waals surface area contributed by atoms with Crippen LogP contribution in [0.4, 0.5) is 5.82 Å². The van der Waals surface area contributed by atoms with Crippen molar-refractivity contribution in [3.05, 3.63) is 59.9 Å². The lowest BCUT2D eigenvalue weighted by Gasteiger charge is -2.48. The molecule has 2 aromatic carbocycles. The molecule has 1 amide bonds. The molecule has 1 N–H and O–H groups in total. The van der Waals surface area contributed by atoms with Gasteiger partial charge in [-0.3, -0.25) is 4.79 Å². The van der Waals surface area contributed by atoms with Crippen LogP contribution in [-0.2, 0) is 14.6 Å². The van der Waals surface area contributed by atoms with Crippen molar-refractivity contribution in [2.45, 2.75) is 74.5 Å². The number of sulfone groups is 1. The number of benzene rings is 2. The van der Waals surface area contributed by atoms with E-state index in [1.54, 1.807) is 36.4 Å². The van der Waals surface area contributed by atoms with Crippen molar-refractivity contribution < 1.29 is 13.2 Å². The van der Waals surface area contributed by atoms with Gasteiger partial charge in [0.15, 0.2) is 9.84 Å². The maximum atomic E-state index is 13.9. The Labute approximate surface area is 235 Å². The van der Waals surface area contributed by atoms with Crippen molar-refractivity contribution in [3.63, 3.8) is 0 Å². The summed E-state index contributed by atoms with van der Waals surface area (Å²) in [7, 11) is -1.48. The molecule has 3 aromatic rings. The topological polar surface area (TPSA) is 95.5 Å². The summed E-state index contributed by atoms with van der Waals surface area (Å²) in [6, 6.07) is 14.2. The zero-order valence-electron chi connectivity index (χ0n) is 22.7. The number of nitrogens with one attached hydrogen (secondary N) is 1. The fourth-order valence-corrected chi connectivity index (χ4v) is 8.18. The van der Waals surface area contributed by atoms with E-state index in [0.29, 0.717) is 59.1 Å². The zero-order chi connectivity index (χ0) is 27.8. The minimum atomic E-state index is -3.60.